The Bertz CT molecular complexity index is 5280. The van der Waals surface area contributed by atoms with Crippen LogP contribution in [0.2, 0.25) is 0 Å². The Morgan fingerprint density at radius 1 is 0.545 bits per heavy atom. The minimum Gasteiger partial charge on any atom is -0.478 e. The van der Waals surface area contributed by atoms with Crippen LogP contribution in [-0.2, 0) is 32.0 Å². The number of hydrogen-bond acceptors (Lipinski definition) is 17. The molecule has 15 rings (SSSR count). The summed E-state index contributed by atoms with van der Waals surface area (Å²) in [5, 5.41) is 38.5. The van der Waals surface area contributed by atoms with Crippen LogP contribution in [0.3, 0.4) is 0 Å². The number of piperazine rings is 1. The first-order valence-electron chi connectivity index (χ1n) is 33.2. The van der Waals surface area contributed by atoms with Crippen molar-refractivity contribution in [2.45, 2.75) is 104 Å². The number of nitrogens with one attached hydrogen (secondary N) is 7. The standard InChI is InChI=1S/C25H27N5O2S.C20H17N3O3S.C12H10N2OS.C10H8ClNO2.C8H9NO3.C2H5NS.3CH4.ClH/c1-14-21(26-15(2)23(14)25(32)30-9-7-29(4)8-10-30)12-19-18-11-17(22-13-33-16(3)27-22)5-6-20(18)28-24(19)31;1-9-16(21-10(2)18(9)20(25)26)7-14-13-6-12(17-8-27-11(3)22-17)4-5-15(13)23-19(14)24;1-7-13-11(6-16-7)8-2-3-10-9(4-8)5-12(15)14-10;11-5-9(13)6-1-2-8-7(3-6)4-10(14)12-8;1-4-6(3-10)9-5(2)7(4)8(11)12;1-2(3)4;;;;/h5-6,11-13,26H,7-10H2,1-4H3,(H,28,31);4-8,21H,1-3H3,(H,23,24)(H,25,26);2-4,6H,5H2,1H3,(H,14,15);1-3H,4-5H2,(H,12,14);3,9H,1-2H3,(H,11,12);1H3,(H2,3,4);3*1H4;1H/b19-12-;14-7-;;;;;;;;. The first-order valence-corrected chi connectivity index (χ1v) is 36.8. The molecule has 1 saturated heterocycles. The number of amides is 5. The first-order chi connectivity index (χ1) is 50.4. The van der Waals surface area contributed by atoms with E-state index in [9.17, 15) is 48.3 Å². The predicted octanol–water partition coefficient (Wildman–Crippen LogP) is 16.2. The number of anilines is 4. The molecule has 0 bridgehead atoms. The number of aldehydes is 1. The number of nitrogens with zero attached hydrogens (tertiary/aromatic N) is 5. The van der Waals surface area contributed by atoms with Crippen molar-refractivity contribution in [3.8, 4) is 33.8 Å². The number of benzene rings is 4. The summed E-state index contributed by atoms with van der Waals surface area (Å²) in [6.45, 7) is 21.4. The summed E-state index contributed by atoms with van der Waals surface area (Å²) < 4.78 is 0. The fourth-order valence-electron chi connectivity index (χ4n) is 12.5. The molecule has 4 aromatic carbocycles. The van der Waals surface area contributed by atoms with Crippen molar-refractivity contribution in [2.24, 2.45) is 5.73 Å². The highest BCUT2D eigenvalue weighted by Gasteiger charge is 2.31. The van der Waals surface area contributed by atoms with Crippen LogP contribution in [0.5, 0.6) is 0 Å². The molecule has 0 aliphatic carbocycles. The molecular weight excluding hydrogens is 1520 g/mol. The topological polar surface area (TPSA) is 361 Å². The number of carboxylic acid groups (broad SMARTS) is 2. The van der Waals surface area contributed by atoms with E-state index in [2.05, 4.69) is 75.3 Å². The van der Waals surface area contributed by atoms with E-state index in [1.807, 2.05) is 116 Å². The molecule has 30 heteroatoms. The molecule has 6 aromatic heterocycles. The number of aromatic amines is 3. The third-order valence-electron chi connectivity index (χ3n) is 17.8. The largest absolute Gasteiger partial charge is 0.478 e. The van der Waals surface area contributed by atoms with Gasteiger partial charge < -0.3 is 62.0 Å². The number of Topliss-reactive ketones (excluding diaryl/α,β-unsaturated/α-hetero) is 1. The lowest BCUT2D eigenvalue weighted by molar-refractivity contribution is -0.115. The Kier molecular flexibility index (Phi) is 30.4. The zero-order chi connectivity index (χ0) is 76.7. The third-order valence-corrected chi connectivity index (χ3v) is 20.4. The number of thiazole rings is 3. The fourth-order valence-corrected chi connectivity index (χ4v) is 14.5. The van der Waals surface area contributed by atoms with Gasteiger partial charge >= 0.3 is 11.9 Å². The molecule has 578 valence electrons. The van der Waals surface area contributed by atoms with Gasteiger partial charge in [0.15, 0.2) is 12.1 Å². The number of rotatable bonds is 11. The number of thiocarbonyl (C=S) groups is 1. The van der Waals surface area contributed by atoms with E-state index in [1.54, 1.807) is 92.9 Å². The minimum atomic E-state index is -1.01. The van der Waals surface area contributed by atoms with E-state index in [1.165, 1.54) is 0 Å². The fraction of sp³-hybridized carbons (Fsp3) is 0.263. The Morgan fingerprint density at radius 2 is 0.909 bits per heavy atom. The summed E-state index contributed by atoms with van der Waals surface area (Å²) in [5.74, 6) is -2.39. The Morgan fingerprint density at radius 3 is 1.28 bits per heavy atom. The highest BCUT2D eigenvalue weighted by Crippen LogP contribution is 2.40. The van der Waals surface area contributed by atoms with Gasteiger partial charge in [-0.25, -0.2) is 24.5 Å². The van der Waals surface area contributed by atoms with Crippen LogP contribution in [0.25, 0.3) is 57.1 Å². The van der Waals surface area contributed by atoms with Crippen molar-refractivity contribution in [1.29, 1.82) is 0 Å². The summed E-state index contributed by atoms with van der Waals surface area (Å²) in [4.78, 5) is 132. The highest BCUT2D eigenvalue weighted by molar-refractivity contribution is 7.80. The maximum absolute atomic E-state index is 13.2. The molecule has 0 atom stereocenters. The lowest BCUT2D eigenvalue weighted by atomic mass is 10.0. The van der Waals surface area contributed by atoms with Crippen molar-refractivity contribution in [3.05, 3.63) is 199 Å². The molecule has 0 unspecified atom stereocenters. The van der Waals surface area contributed by atoms with Gasteiger partial charge in [0.05, 0.1) is 89.3 Å². The number of carbonyl (C=O) groups is 9. The van der Waals surface area contributed by atoms with Crippen LogP contribution in [0.1, 0.15) is 164 Å². The van der Waals surface area contributed by atoms with Gasteiger partial charge in [0.2, 0.25) is 11.8 Å². The molecule has 5 aliphatic heterocycles. The van der Waals surface area contributed by atoms with Gasteiger partial charge in [-0.3, -0.25) is 33.6 Å². The summed E-state index contributed by atoms with van der Waals surface area (Å²) >= 11 is 14.6. The van der Waals surface area contributed by atoms with E-state index >= 15 is 0 Å². The Labute approximate surface area is 666 Å². The summed E-state index contributed by atoms with van der Waals surface area (Å²) in [7, 11) is 2.07. The molecule has 1 fully saturated rings. The van der Waals surface area contributed by atoms with Crippen LogP contribution in [-0.4, -0.2) is 148 Å². The third kappa shape index (κ3) is 20.3. The minimum absolute atomic E-state index is 0. The molecular formula is C80H89Cl2N13O11S4. The van der Waals surface area contributed by atoms with E-state index in [-0.39, 0.29) is 87.0 Å². The molecule has 0 spiro atoms. The van der Waals surface area contributed by atoms with Crippen LogP contribution < -0.4 is 27.0 Å². The number of alkyl halides is 1. The molecule has 110 heavy (non-hydrogen) atoms. The number of nitrogens with two attached hydrogens (primary N) is 1. The van der Waals surface area contributed by atoms with Crippen LogP contribution in [0.4, 0.5) is 22.7 Å². The quantitative estimate of drug-likeness (QED) is 0.0189. The molecule has 5 aliphatic rings. The van der Waals surface area contributed by atoms with E-state index in [0.717, 1.165) is 137 Å². The Hall–Kier alpha value is -10.9. The average molecular weight is 1610 g/mol. The second kappa shape index (κ2) is 38.0. The van der Waals surface area contributed by atoms with Crippen molar-refractivity contribution in [2.75, 3.05) is 60.4 Å². The molecule has 11 heterocycles. The number of aromatic nitrogens is 6. The van der Waals surface area contributed by atoms with E-state index in [4.69, 9.17) is 22.4 Å². The summed E-state index contributed by atoms with van der Waals surface area (Å²) in [6, 6.07) is 22.8. The van der Waals surface area contributed by atoms with Crippen LogP contribution >= 0.6 is 70.2 Å². The van der Waals surface area contributed by atoms with Gasteiger partial charge in [-0.2, -0.15) is 0 Å². The number of aryl methyl sites for hydroxylation is 6. The lowest BCUT2D eigenvalue weighted by Crippen LogP contribution is -2.47. The molecule has 11 N–H and O–H groups in total. The maximum atomic E-state index is 13.2. The normalized spacial score (nSPS) is 13.8. The van der Waals surface area contributed by atoms with Gasteiger partial charge in [0.25, 0.3) is 17.7 Å². The monoisotopic (exact) mass is 1610 g/mol. The number of ketones is 1. The Balaban J connectivity index is 0.000000220. The number of halogens is 2. The molecule has 0 radical (unpaired) electrons. The molecule has 0 saturated carbocycles. The van der Waals surface area contributed by atoms with E-state index < -0.39 is 11.9 Å². The second-order valence-electron chi connectivity index (χ2n) is 25.5. The number of likely N-dealkylation sites (N-methyl/N-ethyl adjacent to an activating group) is 1. The predicted molar refractivity (Wildman–Crippen MR) is 449 cm³/mol. The van der Waals surface area contributed by atoms with Gasteiger partial charge in [-0.1, -0.05) is 52.7 Å². The van der Waals surface area contributed by atoms with Gasteiger partial charge in [-0.05, 0) is 171 Å². The van der Waals surface area contributed by atoms with Crippen molar-refractivity contribution in [3.63, 3.8) is 0 Å². The smallest absolute Gasteiger partial charge is 0.337 e. The summed E-state index contributed by atoms with van der Waals surface area (Å²) in [5.41, 5.74) is 25.9. The number of aromatic carboxylic acids is 2. The van der Waals surface area contributed by atoms with Crippen LogP contribution in [0.15, 0.2) is 88.9 Å². The maximum Gasteiger partial charge on any atom is 0.337 e. The van der Waals surface area contributed by atoms with Crippen molar-refractivity contribution >= 4 is 175 Å². The molecule has 10 aromatic rings. The number of fused-ring (bicyclic) bond motifs is 4. The van der Waals surface area contributed by atoms with Gasteiger partial charge in [-0.15, -0.1) is 58.0 Å². The van der Waals surface area contributed by atoms with Crippen LogP contribution in [0, 0.1) is 62.3 Å². The van der Waals surface area contributed by atoms with Crippen molar-refractivity contribution < 1.29 is 53.4 Å². The number of hydrogen-bond donors (Lipinski definition) is 10. The van der Waals surface area contributed by atoms with Gasteiger partial charge in [0, 0.05) is 127 Å². The average Bonchev–Trinajstić information content (AvgIpc) is 1.63. The number of carboxylic acids is 2. The van der Waals surface area contributed by atoms with Gasteiger partial charge in [0.1, 0.15) is 0 Å². The SMILES string of the molecule is C.C.C.CC(N)=S.Cc1[nH]c(C=O)c(C)c1C(=O)O.Cc1nc(-c2ccc3c(c2)/C(=C/c2[nH]c(C)c(C(=O)N4CCN(C)CC4)c2C)C(=O)N3)cs1.Cc1nc(-c2ccc3c(c2)/C(=C/c2[nH]c(C)c(C(=O)O)c2C)C(=O)N3)cs1.Cc1nc(-c2ccc3c(c2)CC(=O)N3)cs1.Cl.O=C1Cc2cc(C(=O)CCl)ccc2N1. The second-order valence-corrected chi connectivity index (χ2v) is 29.6. The lowest BCUT2D eigenvalue weighted by Gasteiger charge is -2.32. The highest BCUT2D eigenvalue weighted by atomic mass is 35.5. The van der Waals surface area contributed by atoms with Crippen molar-refractivity contribution in [1.82, 2.24) is 39.7 Å². The zero-order valence-electron chi connectivity index (χ0n) is 60.1. The molecule has 24 nitrogen and oxygen atoms in total. The number of H-pyrrole nitrogens is 3. The number of carbonyl (C=O) groups excluding carboxylic acids is 7. The molecule has 5 amide bonds. The first kappa shape index (κ1) is 88.1. The zero-order valence-corrected chi connectivity index (χ0v) is 65.0. The van der Waals surface area contributed by atoms with E-state index in [0.29, 0.717) is 80.3 Å². The summed E-state index contributed by atoms with van der Waals surface area (Å²) in [6.07, 6.45) is 5.02.